The molecule has 0 aromatic heterocycles. The van der Waals surface area contributed by atoms with E-state index in [1.165, 1.54) is 6.92 Å². The Bertz CT molecular complexity index is 1120. The number of Topliss-reactive ketones (excluding diaryl/α,β-unsaturated/α-hetero) is 1. The fraction of sp³-hybridized carbons (Fsp3) is 0.414. The number of hydrogen-bond acceptors (Lipinski definition) is 8. The number of aryl methyl sites for hydroxylation is 1. The van der Waals surface area contributed by atoms with Gasteiger partial charge in [0.2, 0.25) is 11.4 Å². The van der Waals surface area contributed by atoms with Gasteiger partial charge in [0.05, 0.1) is 18.8 Å². The van der Waals surface area contributed by atoms with Gasteiger partial charge in [0.1, 0.15) is 0 Å². The molecular formula is C29H35NO8. The number of hydrogen-bond donors (Lipinski definition) is 1. The monoisotopic (exact) mass is 525 g/mol. The lowest BCUT2D eigenvalue weighted by Gasteiger charge is -2.29. The van der Waals surface area contributed by atoms with E-state index in [-0.39, 0.29) is 31.8 Å². The van der Waals surface area contributed by atoms with Gasteiger partial charge in [0.25, 0.3) is 0 Å². The van der Waals surface area contributed by atoms with Gasteiger partial charge in [-0.05, 0) is 55.9 Å². The Morgan fingerprint density at radius 2 is 1.32 bits per heavy atom. The summed E-state index contributed by atoms with van der Waals surface area (Å²) < 4.78 is 15.3. The number of ether oxygens (including phenoxy) is 3. The summed E-state index contributed by atoms with van der Waals surface area (Å²) in [5.74, 6) is -3.02. The van der Waals surface area contributed by atoms with Gasteiger partial charge in [0, 0.05) is 12.5 Å². The van der Waals surface area contributed by atoms with Crippen molar-refractivity contribution in [2.24, 2.45) is 0 Å². The van der Waals surface area contributed by atoms with Crippen LogP contribution in [0.5, 0.6) is 0 Å². The molecule has 204 valence electrons. The van der Waals surface area contributed by atoms with Gasteiger partial charge in [-0.15, -0.1) is 0 Å². The molecule has 0 radical (unpaired) electrons. The fourth-order valence-corrected chi connectivity index (χ4v) is 3.75. The molecule has 1 N–H and O–H groups in total. The van der Waals surface area contributed by atoms with Crippen molar-refractivity contribution in [3.8, 4) is 0 Å². The third-order valence-electron chi connectivity index (χ3n) is 5.85. The Hall–Kier alpha value is -4.01. The van der Waals surface area contributed by atoms with Crippen molar-refractivity contribution in [3.05, 3.63) is 70.8 Å². The number of nitrogens with one attached hydrogen (secondary N) is 1. The van der Waals surface area contributed by atoms with Crippen molar-refractivity contribution >= 4 is 29.6 Å². The minimum atomic E-state index is -1.99. The van der Waals surface area contributed by atoms with E-state index in [9.17, 15) is 24.0 Å². The number of rotatable bonds is 13. The van der Waals surface area contributed by atoms with Gasteiger partial charge in [-0.3, -0.25) is 9.59 Å². The van der Waals surface area contributed by atoms with Crippen LogP contribution in [0.3, 0.4) is 0 Å². The molecule has 9 nitrogen and oxygen atoms in total. The Labute approximate surface area is 222 Å². The highest BCUT2D eigenvalue weighted by atomic mass is 16.6. The van der Waals surface area contributed by atoms with Crippen molar-refractivity contribution in [2.75, 3.05) is 19.8 Å². The molecule has 0 aliphatic rings. The van der Waals surface area contributed by atoms with E-state index < -0.39 is 36.0 Å². The van der Waals surface area contributed by atoms with Crippen LogP contribution in [-0.2, 0) is 35.0 Å². The topological polar surface area (TPSA) is 125 Å². The minimum absolute atomic E-state index is 0.0181. The second-order valence-corrected chi connectivity index (χ2v) is 9.00. The van der Waals surface area contributed by atoms with E-state index in [1.54, 1.807) is 50.2 Å². The van der Waals surface area contributed by atoms with Crippen LogP contribution in [0.4, 0.5) is 0 Å². The van der Waals surface area contributed by atoms with E-state index in [2.05, 4.69) is 19.2 Å². The van der Waals surface area contributed by atoms with Crippen molar-refractivity contribution in [1.82, 2.24) is 5.32 Å². The Morgan fingerprint density at radius 1 is 0.789 bits per heavy atom. The standard InChI is InChI=1S/C29H35NO8/c1-6-36-27(34)29(30-20(5)31,28(35)37-7-2)17-16-21-8-10-23(11-9-21)25(32)18-38-26(33)24-14-12-22(13-15-24)19(3)4/h8-15,19H,6-7,16-18H2,1-5H3,(H,30,31). The summed E-state index contributed by atoms with van der Waals surface area (Å²) in [6, 6.07) is 13.5. The molecular weight excluding hydrogens is 490 g/mol. The maximum absolute atomic E-state index is 12.7. The van der Waals surface area contributed by atoms with E-state index >= 15 is 0 Å². The van der Waals surface area contributed by atoms with Crippen LogP contribution in [0.2, 0.25) is 0 Å². The maximum atomic E-state index is 12.7. The lowest BCUT2D eigenvalue weighted by Crippen LogP contribution is -2.61. The van der Waals surface area contributed by atoms with E-state index in [4.69, 9.17) is 14.2 Å². The first kappa shape index (κ1) is 30.2. The molecule has 2 rings (SSSR count). The quantitative estimate of drug-likeness (QED) is 0.181. The highest BCUT2D eigenvalue weighted by Crippen LogP contribution is 2.21. The minimum Gasteiger partial charge on any atom is -0.464 e. The number of ketones is 1. The summed E-state index contributed by atoms with van der Waals surface area (Å²) in [5, 5.41) is 2.42. The molecule has 2 aromatic rings. The zero-order valence-corrected chi connectivity index (χ0v) is 22.5. The average Bonchev–Trinajstić information content (AvgIpc) is 2.89. The molecule has 1 amide bonds. The van der Waals surface area contributed by atoms with Gasteiger partial charge >= 0.3 is 17.9 Å². The van der Waals surface area contributed by atoms with Crippen molar-refractivity contribution < 1.29 is 38.2 Å². The van der Waals surface area contributed by atoms with Crippen LogP contribution in [-0.4, -0.2) is 55.0 Å². The van der Waals surface area contributed by atoms with Gasteiger partial charge in [0.15, 0.2) is 12.4 Å². The molecule has 0 aliphatic carbocycles. The predicted molar refractivity (Wildman–Crippen MR) is 140 cm³/mol. The lowest BCUT2D eigenvalue weighted by molar-refractivity contribution is -0.168. The van der Waals surface area contributed by atoms with Crippen LogP contribution in [0.25, 0.3) is 0 Å². The number of esters is 3. The summed E-state index contributed by atoms with van der Waals surface area (Å²) in [4.78, 5) is 62.2. The molecule has 0 heterocycles. The Kier molecular flexibility index (Phi) is 11.2. The number of benzene rings is 2. The summed E-state index contributed by atoms with van der Waals surface area (Å²) in [6.07, 6.45) is 0.0957. The lowest BCUT2D eigenvalue weighted by atomic mass is 9.90. The predicted octanol–water partition coefficient (Wildman–Crippen LogP) is 3.78. The van der Waals surface area contributed by atoms with Crippen molar-refractivity contribution in [2.45, 2.75) is 58.9 Å². The van der Waals surface area contributed by atoms with E-state index in [0.717, 1.165) is 5.56 Å². The first-order valence-electron chi connectivity index (χ1n) is 12.6. The molecule has 9 heteroatoms. The Balaban J connectivity index is 2.06. The first-order valence-corrected chi connectivity index (χ1v) is 12.6. The van der Waals surface area contributed by atoms with Crippen molar-refractivity contribution in [1.29, 1.82) is 0 Å². The van der Waals surface area contributed by atoms with Crippen molar-refractivity contribution in [3.63, 3.8) is 0 Å². The number of carbonyl (C=O) groups is 5. The highest BCUT2D eigenvalue weighted by Gasteiger charge is 2.49. The summed E-state index contributed by atoms with van der Waals surface area (Å²) >= 11 is 0. The largest absolute Gasteiger partial charge is 0.464 e. The van der Waals surface area contributed by atoms with Gasteiger partial charge in [-0.2, -0.15) is 0 Å². The Morgan fingerprint density at radius 3 is 1.79 bits per heavy atom. The summed E-state index contributed by atoms with van der Waals surface area (Å²) in [7, 11) is 0. The van der Waals surface area contributed by atoms with E-state index in [1.807, 2.05) is 12.1 Å². The fourth-order valence-electron chi connectivity index (χ4n) is 3.75. The second kappa shape index (κ2) is 14.1. The van der Waals surface area contributed by atoms with Gasteiger partial charge < -0.3 is 19.5 Å². The molecule has 0 fully saturated rings. The van der Waals surface area contributed by atoms with Gasteiger partial charge in [-0.25, -0.2) is 14.4 Å². The second-order valence-electron chi connectivity index (χ2n) is 9.00. The zero-order chi connectivity index (χ0) is 28.3. The maximum Gasteiger partial charge on any atom is 0.343 e. The molecule has 0 saturated carbocycles. The van der Waals surface area contributed by atoms with Crippen LogP contribution in [0.1, 0.15) is 78.8 Å². The molecule has 0 spiro atoms. The molecule has 0 aliphatic heterocycles. The van der Waals surface area contributed by atoms with Crippen LogP contribution in [0.15, 0.2) is 48.5 Å². The van der Waals surface area contributed by atoms with E-state index in [0.29, 0.717) is 22.6 Å². The van der Waals surface area contributed by atoms with Crippen LogP contribution in [0, 0.1) is 0 Å². The van der Waals surface area contributed by atoms with Crippen LogP contribution >= 0.6 is 0 Å². The highest BCUT2D eigenvalue weighted by molar-refractivity contribution is 6.07. The van der Waals surface area contributed by atoms with Crippen LogP contribution < -0.4 is 5.32 Å². The SMILES string of the molecule is CCOC(=O)C(CCc1ccc(C(=O)COC(=O)c2ccc(C(C)C)cc2)cc1)(NC(C)=O)C(=O)OCC. The molecule has 0 bridgehead atoms. The first-order chi connectivity index (χ1) is 18.0. The molecule has 2 aromatic carbocycles. The third kappa shape index (κ3) is 7.99. The molecule has 0 unspecified atom stereocenters. The normalized spacial score (nSPS) is 11.0. The summed E-state index contributed by atoms with van der Waals surface area (Å²) in [6.45, 7) is 8.11. The molecule has 0 atom stereocenters. The summed E-state index contributed by atoms with van der Waals surface area (Å²) in [5.41, 5.74) is 0.501. The van der Waals surface area contributed by atoms with Gasteiger partial charge in [-0.1, -0.05) is 50.2 Å². The zero-order valence-electron chi connectivity index (χ0n) is 22.5. The number of amides is 1. The average molecular weight is 526 g/mol. The smallest absolute Gasteiger partial charge is 0.343 e. The molecule has 0 saturated heterocycles. The number of carbonyl (C=O) groups excluding carboxylic acids is 5. The molecule has 38 heavy (non-hydrogen) atoms. The third-order valence-corrected chi connectivity index (χ3v) is 5.85.